The van der Waals surface area contributed by atoms with Crippen molar-refractivity contribution >= 4 is 54.9 Å². The summed E-state index contributed by atoms with van der Waals surface area (Å²) in [4.78, 5) is 28.4. The molecule has 0 aliphatic rings. The van der Waals surface area contributed by atoms with Gasteiger partial charge in [0.05, 0.1) is 12.1 Å². The van der Waals surface area contributed by atoms with Crippen LogP contribution < -0.4 is 28.3 Å². The third kappa shape index (κ3) is 38.2. The summed E-state index contributed by atoms with van der Waals surface area (Å²) in [6.07, 6.45) is 41.1. The Labute approximate surface area is 358 Å². The smallest absolute Gasteiger partial charge is 0.241 e. The fraction of sp³-hybridized carbons (Fsp3) is 0.884. The van der Waals surface area contributed by atoms with Gasteiger partial charge in [-0.25, -0.2) is 0 Å². The highest BCUT2D eigenvalue weighted by atomic mass is 35.5. The highest BCUT2D eigenvalue weighted by Crippen LogP contribution is 2.15. The topological polar surface area (TPSA) is 177 Å². The Morgan fingerprint density at radius 2 is 0.891 bits per heavy atom. The van der Waals surface area contributed by atoms with Gasteiger partial charge in [0, 0.05) is 19.6 Å². The van der Waals surface area contributed by atoms with Crippen molar-refractivity contribution in [3.05, 3.63) is 12.2 Å². The number of carbonyl (C=O) groups excluding carboxylic acids is 2. The molecule has 3 atom stereocenters. The minimum absolute atomic E-state index is 0. The van der Waals surface area contributed by atoms with Gasteiger partial charge < -0.3 is 33.2 Å². The lowest BCUT2D eigenvalue weighted by Crippen LogP contribution is -2.59. The standard InChI is InChI=1S/C43H87N7O2.3ClH/c1-3-5-7-9-11-13-15-17-19-20-22-24-26-28-30-32-37-50(36-31-29-27-25-23-21-18-16-14-12-10-8-6-4-2)42(52)40(46)39(45)41(51)38(44)34-33-35-49-43(47)48;;;/h17,19,38-40H,3-16,18,20-37,44-46H2,1-2H3,(H4,47,48,49);3*1H/b19-17-;;;/t38-,39?,40?;;;/m1.../s1. The van der Waals surface area contributed by atoms with Crippen LogP contribution in [0.5, 0.6) is 0 Å². The molecule has 0 heterocycles. The Morgan fingerprint density at radius 1 is 0.545 bits per heavy atom. The normalized spacial score (nSPS) is 12.6. The van der Waals surface area contributed by atoms with Gasteiger partial charge in [-0.15, -0.1) is 37.2 Å². The molecule has 0 aromatic rings. The number of rotatable bonds is 39. The zero-order chi connectivity index (χ0) is 38.5. The molecule has 0 fully saturated rings. The maximum atomic E-state index is 13.6. The van der Waals surface area contributed by atoms with Crippen molar-refractivity contribution in [2.75, 3.05) is 19.6 Å². The van der Waals surface area contributed by atoms with Gasteiger partial charge in [-0.05, 0) is 51.4 Å². The van der Waals surface area contributed by atoms with Crippen molar-refractivity contribution in [1.29, 1.82) is 5.41 Å². The predicted octanol–water partition coefficient (Wildman–Crippen LogP) is 10.4. The number of nitrogens with zero attached hydrogens (tertiary/aromatic N) is 1. The molecular formula is C43H90Cl3N7O2. The van der Waals surface area contributed by atoms with Crippen molar-refractivity contribution in [3.63, 3.8) is 0 Å². The first-order chi connectivity index (χ1) is 25.3. The zero-order valence-electron chi connectivity index (χ0n) is 35.5. The highest BCUT2D eigenvalue weighted by molar-refractivity contribution is 5.95. The van der Waals surface area contributed by atoms with Crippen molar-refractivity contribution in [2.45, 2.75) is 225 Å². The largest absolute Gasteiger partial charge is 0.370 e. The average Bonchev–Trinajstić information content (AvgIpc) is 3.14. The molecule has 0 bridgehead atoms. The van der Waals surface area contributed by atoms with E-state index in [2.05, 4.69) is 31.3 Å². The third-order valence-corrected chi connectivity index (χ3v) is 10.4. The number of hydrogen-bond acceptors (Lipinski definition) is 6. The lowest BCUT2D eigenvalue weighted by Gasteiger charge is -2.29. The number of allylic oxidation sites excluding steroid dienone is 2. The number of Topliss-reactive ketones (excluding diaryl/α,β-unsaturated/α-hetero) is 1. The molecule has 0 aliphatic heterocycles. The molecular weight excluding hydrogens is 753 g/mol. The van der Waals surface area contributed by atoms with Crippen LogP contribution in [-0.4, -0.2) is 60.3 Å². The van der Waals surface area contributed by atoms with Gasteiger partial charge in [-0.2, -0.15) is 0 Å². The van der Waals surface area contributed by atoms with Crippen LogP contribution in [0.4, 0.5) is 0 Å². The summed E-state index contributed by atoms with van der Waals surface area (Å²) in [6.45, 7) is 6.28. The molecule has 0 radical (unpaired) electrons. The average molecular weight is 844 g/mol. The number of carbonyl (C=O) groups is 2. The number of hydrogen-bond donors (Lipinski definition) is 6. The van der Waals surface area contributed by atoms with E-state index in [0.717, 1.165) is 25.7 Å². The van der Waals surface area contributed by atoms with Gasteiger partial charge in [-0.1, -0.05) is 167 Å². The molecule has 0 aromatic carbocycles. The van der Waals surface area contributed by atoms with E-state index in [0.29, 0.717) is 32.5 Å². The SMILES string of the molecule is CCCCCCCC/C=C\CCCCCCCCN(CCCCCCCCCCCCCCCC)C(=O)C(N)C(N)C(=O)[C@H](N)CCCNC(=N)N.Cl.Cl.Cl. The molecule has 2 unspecified atom stereocenters. The van der Waals surface area contributed by atoms with E-state index in [1.165, 1.54) is 154 Å². The Bertz CT molecular complexity index is 885. The first-order valence-corrected chi connectivity index (χ1v) is 22.1. The molecule has 55 heavy (non-hydrogen) atoms. The van der Waals surface area contributed by atoms with Crippen molar-refractivity contribution < 1.29 is 9.59 Å². The quantitative estimate of drug-likeness (QED) is 0.0154. The summed E-state index contributed by atoms with van der Waals surface area (Å²) in [5.41, 5.74) is 24.0. The number of nitrogens with two attached hydrogens (primary N) is 4. The summed E-state index contributed by atoms with van der Waals surface area (Å²) >= 11 is 0. The number of ketones is 1. The second kappa shape index (κ2) is 45.6. The molecule has 9 nitrogen and oxygen atoms in total. The first kappa shape index (κ1) is 60.6. The van der Waals surface area contributed by atoms with Gasteiger partial charge >= 0.3 is 0 Å². The van der Waals surface area contributed by atoms with Crippen LogP contribution in [0.2, 0.25) is 0 Å². The minimum atomic E-state index is -1.14. The van der Waals surface area contributed by atoms with Crippen molar-refractivity contribution in [3.8, 4) is 0 Å². The van der Waals surface area contributed by atoms with Crippen LogP contribution in [-0.2, 0) is 9.59 Å². The molecule has 1 amide bonds. The van der Waals surface area contributed by atoms with E-state index < -0.39 is 23.9 Å². The Kier molecular flexibility index (Phi) is 50.2. The fourth-order valence-electron chi connectivity index (χ4n) is 6.86. The van der Waals surface area contributed by atoms with Gasteiger partial charge in [0.15, 0.2) is 11.7 Å². The first-order valence-electron chi connectivity index (χ1n) is 22.1. The molecule has 12 heteroatoms. The summed E-state index contributed by atoms with van der Waals surface area (Å²) in [5.74, 6) is -0.754. The fourth-order valence-corrected chi connectivity index (χ4v) is 6.86. The monoisotopic (exact) mass is 842 g/mol. The Balaban J connectivity index is -0.00000433. The highest BCUT2D eigenvalue weighted by Gasteiger charge is 2.32. The van der Waals surface area contributed by atoms with E-state index in [-0.39, 0.29) is 49.1 Å². The van der Waals surface area contributed by atoms with Crippen LogP contribution in [0.1, 0.15) is 206 Å². The second-order valence-electron chi connectivity index (χ2n) is 15.4. The number of amides is 1. The van der Waals surface area contributed by atoms with E-state index in [1.807, 2.05) is 4.90 Å². The number of unbranched alkanes of at least 4 members (excludes halogenated alkanes) is 25. The minimum Gasteiger partial charge on any atom is -0.370 e. The maximum Gasteiger partial charge on any atom is 0.241 e. The molecule has 10 N–H and O–H groups in total. The molecule has 0 spiro atoms. The zero-order valence-corrected chi connectivity index (χ0v) is 38.0. The van der Waals surface area contributed by atoms with Gasteiger partial charge in [0.2, 0.25) is 5.91 Å². The Hall–Kier alpha value is -1.10. The van der Waals surface area contributed by atoms with Crippen LogP contribution in [0.25, 0.3) is 0 Å². The van der Waals surface area contributed by atoms with E-state index >= 15 is 0 Å². The summed E-state index contributed by atoms with van der Waals surface area (Å²) in [6, 6.07) is -3.05. The van der Waals surface area contributed by atoms with Gasteiger partial charge in [0.25, 0.3) is 0 Å². The molecule has 0 saturated heterocycles. The van der Waals surface area contributed by atoms with E-state index in [4.69, 9.17) is 28.3 Å². The van der Waals surface area contributed by atoms with Crippen molar-refractivity contribution in [2.24, 2.45) is 22.9 Å². The molecule has 0 rings (SSSR count). The lowest BCUT2D eigenvalue weighted by molar-refractivity contribution is -0.136. The van der Waals surface area contributed by atoms with Crippen LogP contribution in [0, 0.1) is 5.41 Å². The van der Waals surface area contributed by atoms with Crippen molar-refractivity contribution in [1.82, 2.24) is 10.2 Å². The number of guanidine groups is 1. The summed E-state index contributed by atoms with van der Waals surface area (Å²) in [5, 5.41) is 9.96. The molecule has 0 aromatic heterocycles. The van der Waals surface area contributed by atoms with Gasteiger partial charge in [-0.3, -0.25) is 15.0 Å². The van der Waals surface area contributed by atoms with E-state index in [1.54, 1.807) is 0 Å². The summed E-state index contributed by atoms with van der Waals surface area (Å²) < 4.78 is 0. The van der Waals surface area contributed by atoms with E-state index in [9.17, 15) is 9.59 Å². The summed E-state index contributed by atoms with van der Waals surface area (Å²) in [7, 11) is 0. The van der Waals surface area contributed by atoms with Crippen LogP contribution >= 0.6 is 37.2 Å². The third-order valence-electron chi connectivity index (χ3n) is 10.4. The molecule has 0 saturated carbocycles. The second-order valence-corrected chi connectivity index (χ2v) is 15.4. The number of nitrogens with one attached hydrogen (secondary N) is 2. The van der Waals surface area contributed by atoms with Crippen LogP contribution in [0.15, 0.2) is 12.2 Å². The van der Waals surface area contributed by atoms with Gasteiger partial charge in [0.1, 0.15) is 6.04 Å². The van der Waals surface area contributed by atoms with Crippen LogP contribution in [0.3, 0.4) is 0 Å². The number of halogens is 3. The molecule has 0 aliphatic carbocycles. The Morgan fingerprint density at radius 3 is 1.25 bits per heavy atom. The lowest BCUT2D eigenvalue weighted by atomic mass is 9.96. The molecule has 330 valence electrons. The predicted molar refractivity (Wildman–Crippen MR) is 246 cm³/mol. The maximum absolute atomic E-state index is 13.6.